The molecule has 5 nitrogen and oxygen atoms in total. The van der Waals surface area contributed by atoms with Crippen LogP contribution in [0.25, 0.3) is 0 Å². The van der Waals surface area contributed by atoms with E-state index in [2.05, 4.69) is 31.4 Å². The summed E-state index contributed by atoms with van der Waals surface area (Å²) in [5.74, 6) is -0.0276. The molecule has 1 aromatic carbocycles. The highest BCUT2D eigenvalue weighted by Gasteiger charge is 2.31. The van der Waals surface area contributed by atoms with E-state index in [-0.39, 0.29) is 24.2 Å². The first-order valence-electron chi connectivity index (χ1n) is 6.50. The predicted molar refractivity (Wildman–Crippen MR) is 95.6 cm³/mol. The summed E-state index contributed by atoms with van der Waals surface area (Å²) in [4.78, 5) is 12.4. The quantitative estimate of drug-likeness (QED) is 0.813. The molecule has 0 saturated heterocycles. The Labute approximate surface area is 148 Å². The number of nitrogens with one attached hydrogen (secondary N) is 1. The highest BCUT2D eigenvalue weighted by atomic mass is 79.9. The van der Waals surface area contributed by atoms with Crippen LogP contribution < -0.4 is 11.1 Å². The number of nitrogens with two attached hydrogens (primary N) is 1. The lowest BCUT2D eigenvalue weighted by molar-refractivity contribution is -0.120. The Morgan fingerprint density at radius 2 is 1.91 bits per heavy atom. The summed E-state index contributed by atoms with van der Waals surface area (Å²) in [5, 5.41) is 12.1. The van der Waals surface area contributed by atoms with Gasteiger partial charge in [0.1, 0.15) is 10.5 Å². The lowest BCUT2D eigenvalue weighted by atomic mass is 9.92. The third kappa shape index (κ3) is 4.25. The van der Waals surface area contributed by atoms with E-state index in [9.17, 15) is 4.79 Å². The molecule has 0 aliphatic rings. The fraction of sp³-hybridized carbons (Fsp3) is 0.357. The van der Waals surface area contributed by atoms with Crippen LogP contribution in [0.4, 0.5) is 5.13 Å². The summed E-state index contributed by atoms with van der Waals surface area (Å²) in [6.07, 6.45) is 0. The molecule has 8 heteroatoms. The van der Waals surface area contributed by atoms with Gasteiger partial charge >= 0.3 is 0 Å². The number of carbonyl (C=O) groups excluding carboxylic acids is 1. The van der Waals surface area contributed by atoms with Crippen molar-refractivity contribution in [2.24, 2.45) is 5.73 Å². The van der Waals surface area contributed by atoms with Crippen LogP contribution in [-0.4, -0.2) is 16.1 Å². The molecule has 1 unspecified atom stereocenters. The van der Waals surface area contributed by atoms with Crippen molar-refractivity contribution in [3.05, 3.63) is 39.3 Å². The van der Waals surface area contributed by atoms with Crippen LogP contribution in [0.15, 0.2) is 28.7 Å². The Kier molecular flexibility index (Phi) is 6.49. The molecule has 3 N–H and O–H groups in total. The van der Waals surface area contributed by atoms with E-state index < -0.39 is 5.54 Å². The van der Waals surface area contributed by atoms with Crippen LogP contribution in [-0.2, 0) is 10.3 Å². The van der Waals surface area contributed by atoms with E-state index in [4.69, 9.17) is 5.73 Å². The molecule has 1 aromatic heterocycles. The van der Waals surface area contributed by atoms with Gasteiger partial charge in [0.2, 0.25) is 5.13 Å². The normalized spacial score (nSPS) is 13.4. The zero-order valence-electron chi connectivity index (χ0n) is 12.5. The molecule has 0 aliphatic heterocycles. The summed E-state index contributed by atoms with van der Waals surface area (Å²) in [5.41, 5.74) is 5.77. The zero-order chi connectivity index (χ0) is 15.6. The Bertz CT molecular complexity index is 643. The highest BCUT2D eigenvalue weighted by Crippen LogP contribution is 2.25. The first-order valence-corrected chi connectivity index (χ1v) is 8.11. The van der Waals surface area contributed by atoms with Crippen molar-refractivity contribution in [1.82, 2.24) is 10.2 Å². The molecule has 0 radical (unpaired) electrons. The Hall–Kier alpha value is -1.02. The largest absolute Gasteiger partial charge is 0.314 e. The fourth-order valence-electron chi connectivity index (χ4n) is 1.67. The fourth-order valence-corrected chi connectivity index (χ4v) is 2.68. The average Bonchev–Trinajstić information content (AvgIpc) is 2.88. The van der Waals surface area contributed by atoms with E-state index >= 15 is 0 Å². The molecular weight excluding hydrogens is 388 g/mol. The van der Waals surface area contributed by atoms with Crippen LogP contribution in [0.5, 0.6) is 0 Å². The number of hydrogen-bond donors (Lipinski definition) is 2. The molecule has 1 atom stereocenters. The van der Waals surface area contributed by atoms with Gasteiger partial charge in [-0.05, 0) is 24.6 Å². The number of rotatable bonds is 4. The van der Waals surface area contributed by atoms with E-state index in [0.717, 1.165) is 15.0 Å². The van der Waals surface area contributed by atoms with Gasteiger partial charge in [-0.3, -0.25) is 10.1 Å². The summed E-state index contributed by atoms with van der Waals surface area (Å²) < 4.78 is 0.938. The molecule has 0 saturated carbocycles. The summed E-state index contributed by atoms with van der Waals surface area (Å²) >= 11 is 4.73. The average molecular weight is 406 g/mol. The molecule has 1 amide bonds. The molecular formula is C14H18BrClN4OS. The molecule has 0 spiro atoms. The van der Waals surface area contributed by atoms with Crippen molar-refractivity contribution in [3.63, 3.8) is 0 Å². The maximum Gasteiger partial charge on any atom is 0.250 e. The van der Waals surface area contributed by atoms with Gasteiger partial charge in [0.05, 0.1) is 0 Å². The SMILES string of the molecule is CC(C)c1nnc(NC(=O)C(C)(N)c2ccc(Br)cc2)s1.Cl. The van der Waals surface area contributed by atoms with Gasteiger partial charge in [-0.2, -0.15) is 0 Å². The standard InChI is InChI=1S/C14H17BrN4OS.ClH/c1-8(2)11-18-19-13(21-11)17-12(20)14(3,16)9-4-6-10(15)7-5-9;/h4-8H,16H2,1-3H3,(H,17,19,20);1H. The second-order valence-electron chi connectivity index (χ2n) is 5.26. The minimum atomic E-state index is -1.13. The van der Waals surface area contributed by atoms with Crippen molar-refractivity contribution in [2.45, 2.75) is 32.2 Å². The van der Waals surface area contributed by atoms with Crippen LogP contribution in [0.2, 0.25) is 0 Å². The third-order valence-corrected chi connectivity index (χ3v) is 4.74. The van der Waals surface area contributed by atoms with E-state index in [1.165, 1.54) is 11.3 Å². The molecule has 2 aromatic rings. The number of benzene rings is 1. The second kappa shape index (κ2) is 7.50. The number of amides is 1. The lowest BCUT2D eigenvalue weighted by Crippen LogP contribution is -2.45. The van der Waals surface area contributed by atoms with Crippen LogP contribution >= 0.6 is 39.7 Å². The van der Waals surface area contributed by atoms with Gasteiger partial charge in [-0.15, -0.1) is 22.6 Å². The maximum atomic E-state index is 12.4. The topological polar surface area (TPSA) is 80.9 Å². The van der Waals surface area contributed by atoms with Crippen molar-refractivity contribution in [2.75, 3.05) is 5.32 Å². The first-order chi connectivity index (χ1) is 9.80. The van der Waals surface area contributed by atoms with E-state index in [1.54, 1.807) is 6.92 Å². The van der Waals surface area contributed by atoms with Gasteiger partial charge < -0.3 is 5.73 Å². The van der Waals surface area contributed by atoms with Crippen LogP contribution in [0, 0.1) is 0 Å². The smallest absolute Gasteiger partial charge is 0.250 e. The number of hydrogen-bond acceptors (Lipinski definition) is 5. The van der Waals surface area contributed by atoms with Gasteiger partial charge in [-0.1, -0.05) is 53.2 Å². The van der Waals surface area contributed by atoms with Crippen LogP contribution in [0.1, 0.15) is 37.3 Å². The van der Waals surface area contributed by atoms with Crippen LogP contribution in [0.3, 0.4) is 0 Å². The molecule has 0 fully saturated rings. The number of halogens is 2. The molecule has 22 heavy (non-hydrogen) atoms. The minimum absolute atomic E-state index is 0. The molecule has 2 rings (SSSR count). The van der Waals surface area contributed by atoms with E-state index in [1.807, 2.05) is 38.1 Å². The van der Waals surface area contributed by atoms with Crippen molar-refractivity contribution in [1.29, 1.82) is 0 Å². The Morgan fingerprint density at radius 1 is 1.32 bits per heavy atom. The number of carbonyl (C=O) groups is 1. The minimum Gasteiger partial charge on any atom is -0.314 e. The predicted octanol–water partition coefficient (Wildman–Crippen LogP) is 3.66. The summed E-state index contributed by atoms with van der Waals surface area (Å²) in [6, 6.07) is 7.36. The van der Waals surface area contributed by atoms with Crippen molar-refractivity contribution < 1.29 is 4.79 Å². The first kappa shape index (κ1) is 19.0. The monoisotopic (exact) mass is 404 g/mol. The summed E-state index contributed by atoms with van der Waals surface area (Å²) in [6.45, 7) is 5.73. The van der Waals surface area contributed by atoms with Crippen molar-refractivity contribution >= 4 is 50.7 Å². The molecule has 0 bridgehead atoms. The molecule has 0 aliphatic carbocycles. The number of nitrogens with zero attached hydrogens (tertiary/aromatic N) is 2. The van der Waals surface area contributed by atoms with Gasteiger partial charge in [-0.25, -0.2) is 0 Å². The van der Waals surface area contributed by atoms with Crippen molar-refractivity contribution in [3.8, 4) is 0 Å². The zero-order valence-corrected chi connectivity index (χ0v) is 15.7. The van der Waals surface area contributed by atoms with Gasteiger partial charge in [0.15, 0.2) is 0 Å². The van der Waals surface area contributed by atoms with Gasteiger partial charge in [0.25, 0.3) is 5.91 Å². The Morgan fingerprint density at radius 3 is 2.41 bits per heavy atom. The Balaban J connectivity index is 0.00000242. The lowest BCUT2D eigenvalue weighted by Gasteiger charge is -2.23. The third-order valence-electron chi connectivity index (χ3n) is 3.07. The number of anilines is 1. The molecule has 120 valence electrons. The van der Waals surface area contributed by atoms with Gasteiger partial charge in [0, 0.05) is 10.4 Å². The highest BCUT2D eigenvalue weighted by molar-refractivity contribution is 9.10. The second-order valence-corrected chi connectivity index (χ2v) is 7.19. The van der Waals surface area contributed by atoms with E-state index in [0.29, 0.717) is 5.13 Å². The number of aromatic nitrogens is 2. The summed E-state index contributed by atoms with van der Waals surface area (Å²) in [7, 11) is 0. The molecule has 1 heterocycles. The maximum absolute atomic E-state index is 12.4.